The van der Waals surface area contributed by atoms with Crippen molar-refractivity contribution in [3.05, 3.63) is 112 Å². The summed E-state index contributed by atoms with van der Waals surface area (Å²) in [6.45, 7) is 1.83. The monoisotopic (exact) mass is 576 g/mol. The van der Waals surface area contributed by atoms with Crippen LogP contribution in [0.2, 0.25) is 5.02 Å². The summed E-state index contributed by atoms with van der Waals surface area (Å²) in [6.07, 6.45) is 2.97. The second-order valence-electron chi connectivity index (χ2n) is 8.91. The van der Waals surface area contributed by atoms with Crippen LogP contribution in [0.15, 0.2) is 94.9 Å². The zero-order valence-electron chi connectivity index (χ0n) is 21.9. The Hall–Kier alpha value is -4.41. The van der Waals surface area contributed by atoms with Crippen LogP contribution in [0.25, 0.3) is 16.6 Å². The lowest BCUT2D eigenvalue weighted by Gasteiger charge is -2.23. The molecule has 0 radical (unpaired) electrons. The van der Waals surface area contributed by atoms with Crippen molar-refractivity contribution >= 4 is 38.5 Å². The summed E-state index contributed by atoms with van der Waals surface area (Å²) in [7, 11) is -1.06. The molecule has 2 aromatic heterocycles. The van der Waals surface area contributed by atoms with E-state index in [1.807, 2.05) is 6.92 Å². The largest absolute Gasteiger partial charge is 0.497 e. The first-order valence-corrected chi connectivity index (χ1v) is 14.0. The standard InChI is InChI=1S/C29H25ClN4O5S/c1-19-15-27(39-3)26(17-24(19)30)34-25-11-10-23(16-21(25)7-12-28(34)35)40(36,37)33(29-31-13-4-14-32-29)18-20-5-8-22(38-2)9-6-20/h4-17H,18H2,1-3H3. The van der Waals surface area contributed by atoms with Crippen molar-refractivity contribution in [3.63, 3.8) is 0 Å². The number of aryl methyl sites for hydroxylation is 1. The number of pyridine rings is 1. The van der Waals surface area contributed by atoms with Crippen LogP contribution in [0.4, 0.5) is 5.95 Å². The number of nitrogens with zero attached hydrogens (tertiary/aromatic N) is 4. The van der Waals surface area contributed by atoms with Gasteiger partial charge in [0.2, 0.25) is 5.95 Å². The second-order valence-corrected chi connectivity index (χ2v) is 11.2. The number of fused-ring (bicyclic) bond motifs is 1. The molecule has 0 spiro atoms. The molecule has 0 saturated heterocycles. The van der Waals surface area contributed by atoms with E-state index < -0.39 is 10.0 Å². The maximum atomic E-state index is 14.0. The Morgan fingerprint density at radius 1 is 0.925 bits per heavy atom. The van der Waals surface area contributed by atoms with E-state index in [1.54, 1.807) is 61.7 Å². The number of halogens is 1. The maximum Gasteiger partial charge on any atom is 0.266 e. The van der Waals surface area contributed by atoms with E-state index in [0.29, 0.717) is 33.1 Å². The van der Waals surface area contributed by atoms with Crippen LogP contribution in [-0.4, -0.2) is 37.2 Å². The van der Waals surface area contributed by atoms with E-state index >= 15 is 0 Å². The van der Waals surface area contributed by atoms with Gasteiger partial charge in [0, 0.05) is 28.9 Å². The molecule has 2 heterocycles. The number of anilines is 1. The van der Waals surface area contributed by atoms with E-state index in [-0.39, 0.29) is 22.9 Å². The first kappa shape index (κ1) is 27.2. The van der Waals surface area contributed by atoms with Gasteiger partial charge >= 0.3 is 0 Å². The van der Waals surface area contributed by atoms with E-state index in [9.17, 15) is 13.2 Å². The number of aromatic nitrogens is 3. The van der Waals surface area contributed by atoms with Gasteiger partial charge in [-0.05, 0) is 72.6 Å². The Kier molecular flexibility index (Phi) is 7.46. The smallest absolute Gasteiger partial charge is 0.266 e. The highest BCUT2D eigenvalue weighted by Crippen LogP contribution is 2.32. The van der Waals surface area contributed by atoms with Crippen LogP contribution in [-0.2, 0) is 16.6 Å². The number of sulfonamides is 1. The molecular formula is C29H25ClN4O5S. The lowest BCUT2D eigenvalue weighted by molar-refractivity contribution is 0.412. The highest BCUT2D eigenvalue weighted by Gasteiger charge is 2.28. The molecule has 0 aliphatic heterocycles. The number of hydrogen-bond donors (Lipinski definition) is 0. The normalized spacial score (nSPS) is 11.4. The summed E-state index contributed by atoms with van der Waals surface area (Å²) in [5, 5.41) is 0.994. The van der Waals surface area contributed by atoms with Crippen LogP contribution in [0.5, 0.6) is 11.5 Å². The van der Waals surface area contributed by atoms with Gasteiger partial charge in [-0.25, -0.2) is 22.7 Å². The molecule has 0 atom stereocenters. The van der Waals surface area contributed by atoms with E-state index in [0.717, 1.165) is 15.4 Å². The summed E-state index contributed by atoms with van der Waals surface area (Å²) in [5.41, 5.74) is 2.13. The molecule has 0 amide bonds. The van der Waals surface area contributed by atoms with Crippen molar-refractivity contribution in [1.82, 2.24) is 14.5 Å². The Morgan fingerprint density at radius 2 is 1.65 bits per heavy atom. The third-order valence-corrected chi connectivity index (χ3v) is 8.54. The first-order chi connectivity index (χ1) is 19.2. The lowest BCUT2D eigenvalue weighted by Crippen LogP contribution is -2.32. The van der Waals surface area contributed by atoms with Crippen molar-refractivity contribution in [2.45, 2.75) is 18.4 Å². The Bertz CT molecular complexity index is 1860. The van der Waals surface area contributed by atoms with E-state index in [4.69, 9.17) is 21.1 Å². The molecule has 0 fully saturated rings. The van der Waals surface area contributed by atoms with Crippen LogP contribution in [0, 0.1) is 6.92 Å². The van der Waals surface area contributed by atoms with Gasteiger partial charge in [0.25, 0.3) is 15.6 Å². The number of rotatable bonds is 8. The highest BCUT2D eigenvalue weighted by molar-refractivity contribution is 7.92. The van der Waals surface area contributed by atoms with Crippen molar-refractivity contribution in [2.24, 2.45) is 0 Å². The average Bonchev–Trinajstić information content (AvgIpc) is 2.97. The molecule has 5 aromatic rings. The predicted molar refractivity (Wildman–Crippen MR) is 154 cm³/mol. The molecule has 0 N–H and O–H groups in total. The molecule has 3 aromatic carbocycles. The number of benzene rings is 3. The molecular weight excluding hydrogens is 552 g/mol. The second kappa shape index (κ2) is 11.0. The minimum absolute atomic E-state index is 0.00700. The number of hydrogen-bond acceptors (Lipinski definition) is 7. The fraction of sp³-hybridized carbons (Fsp3) is 0.138. The molecule has 0 aliphatic carbocycles. The van der Waals surface area contributed by atoms with Crippen LogP contribution < -0.4 is 19.3 Å². The molecule has 5 rings (SSSR count). The molecule has 0 aliphatic rings. The molecule has 204 valence electrons. The highest BCUT2D eigenvalue weighted by atomic mass is 35.5. The van der Waals surface area contributed by atoms with Crippen molar-refractivity contribution in [2.75, 3.05) is 18.5 Å². The van der Waals surface area contributed by atoms with Gasteiger partial charge in [0.15, 0.2) is 0 Å². The molecule has 0 saturated carbocycles. The van der Waals surface area contributed by atoms with Crippen molar-refractivity contribution < 1.29 is 17.9 Å². The third kappa shape index (κ3) is 5.11. The maximum absolute atomic E-state index is 14.0. The van der Waals surface area contributed by atoms with Gasteiger partial charge < -0.3 is 9.47 Å². The van der Waals surface area contributed by atoms with Crippen LogP contribution in [0.3, 0.4) is 0 Å². The van der Waals surface area contributed by atoms with E-state index in [1.165, 1.54) is 42.3 Å². The van der Waals surface area contributed by atoms with Crippen LogP contribution >= 0.6 is 11.6 Å². The van der Waals surface area contributed by atoms with Crippen molar-refractivity contribution in [3.8, 4) is 17.2 Å². The number of methoxy groups -OCH3 is 2. The van der Waals surface area contributed by atoms with Gasteiger partial charge in [-0.3, -0.25) is 9.36 Å². The zero-order valence-corrected chi connectivity index (χ0v) is 23.5. The fourth-order valence-corrected chi connectivity index (χ4v) is 5.88. The van der Waals surface area contributed by atoms with Crippen LogP contribution in [0.1, 0.15) is 11.1 Å². The summed E-state index contributed by atoms with van der Waals surface area (Å²) in [5.74, 6) is 1.14. The number of ether oxygens (including phenoxy) is 2. The zero-order chi connectivity index (χ0) is 28.4. The molecule has 11 heteroatoms. The minimum atomic E-state index is -4.13. The summed E-state index contributed by atoms with van der Waals surface area (Å²) in [6, 6.07) is 19.6. The SMILES string of the molecule is COc1ccc(CN(c2ncccn2)S(=O)(=O)c2ccc3c(ccc(=O)n3-c3cc(Cl)c(C)cc3OC)c2)cc1. The third-order valence-electron chi connectivity index (χ3n) is 6.42. The van der Waals surface area contributed by atoms with Gasteiger partial charge in [-0.15, -0.1) is 0 Å². The first-order valence-electron chi connectivity index (χ1n) is 12.2. The molecule has 0 bridgehead atoms. The topological polar surface area (TPSA) is 104 Å². The Labute approximate surface area is 236 Å². The summed E-state index contributed by atoms with van der Waals surface area (Å²) < 4.78 is 41.4. The van der Waals surface area contributed by atoms with E-state index in [2.05, 4.69) is 9.97 Å². The molecule has 9 nitrogen and oxygen atoms in total. The lowest BCUT2D eigenvalue weighted by atomic mass is 10.1. The van der Waals surface area contributed by atoms with Gasteiger partial charge in [0.05, 0.1) is 36.9 Å². The van der Waals surface area contributed by atoms with Gasteiger partial charge in [0.1, 0.15) is 11.5 Å². The minimum Gasteiger partial charge on any atom is -0.497 e. The summed E-state index contributed by atoms with van der Waals surface area (Å²) >= 11 is 6.38. The van der Waals surface area contributed by atoms with Gasteiger partial charge in [-0.1, -0.05) is 23.7 Å². The fourth-order valence-electron chi connectivity index (χ4n) is 4.32. The Morgan fingerprint density at radius 3 is 2.33 bits per heavy atom. The molecule has 40 heavy (non-hydrogen) atoms. The van der Waals surface area contributed by atoms with Crippen molar-refractivity contribution in [1.29, 1.82) is 0 Å². The predicted octanol–water partition coefficient (Wildman–Crippen LogP) is 5.16. The van der Waals surface area contributed by atoms with Gasteiger partial charge in [-0.2, -0.15) is 0 Å². The Balaban J connectivity index is 1.63. The quantitative estimate of drug-likeness (QED) is 0.251. The molecule has 0 unspecified atom stereocenters. The average molecular weight is 577 g/mol. The summed E-state index contributed by atoms with van der Waals surface area (Å²) in [4.78, 5) is 21.5.